The van der Waals surface area contributed by atoms with Gasteiger partial charge in [-0.25, -0.2) is 9.97 Å². The highest BCUT2D eigenvalue weighted by Crippen LogP contribution is 2.15. The molecule has 0 bridgehead atoms. The Kier molecular flexibility index (Phi) is 4.42. The van der Waals surface area contributed by atoms with Crippen molar-refractivity contribution in [3.63, 3.8) is 0 Å². The first-order chi connectivity index (χ1) is 13.1. The maximum Gasteiger partial charge on any atom is 0.258 e. The van der Waals surface area contributed by atoms with Crippen molar-refractivity contribution in [2.45, 2.75) is 25.8 Å². The maximum absolute atomic E-state index is 12.3. The van der Waals surface area contributed by atoms with E-state index in [0.717, 1.165) is 11.0 Å². The van der Waals surface area contributed by atoms with Crippen LogP contribution in [0, 0.1) is 0 Å². The van der Waals surface area contributed by atoms with Gasteiger partial charge >= 0.3 is 0 Å². The molecule has 1 atom stereocenters. The molecule has 2 aromatic carbocycles. The van der Waals surface area contributed by atoms with E-state index in [-0.39, 0.29) is 23.9 Å². The highest BCUT2D eigenvalue weighted by molar-refractivity contribution is 5.78. The van der Waals surface area contributed by atoms with E-state index in [1.54, 1.807) is 18.2 Å². The lowest BCUT2D eigenvalue weighted by Gasteiger charge is -2.11. The smallest absolute Gasteiger partial charge is 0.258 e. The second kappa shape index (κ2) is 7.03. The van der Waals surface area contributed by atoms with E-state index in [0.29, 0.717) is 29.0 Å². The van der Waals surface area contributed by atoms with E-state index in [9.17, 15) is 9.59 Å². The molecule has 0 aliphatic heterocycles. The highest BCUT2D eigenvalue weighted by atomic mass is 16.1. The second-order valence-corrected chi connectivity index (χ2v) is 6.46. The fraction of sp³-hybridized carbons (Fsp3) is 0.200. The van der Waals surface area contributed by atoms with Gasteiger partial charge in [0.2, 0.25) is 5.91 Å². The molecular formula is C20H19N5O2. The summed E-state index contributed by atoms with van der Waals surface area (Å²) in [5.74, 6) is 1.09. The molecule has 136 valence electrons. The Morgan fingerprint density at radius 1 is 1.04 bits per heavy atom. The third kappa shape index (κ3) is 3.57. The van der Waals surface area contributed by atoms with Crippen LogP contribution in [0.2, 0.25) is 0 Å². The molecule has 4 rings (SSSR count). The average molecular weight is 361 g/mol. The molecule has 1 amide bonds. The number of hydrogen-bond donors (Lipinski definition) is 3. The molecule has 0 spiro atoms. The summed E-state index contributed by atoms with van der Waals surface area (Å²) in [6, 6.07) is 14.6. The van der Waals surface area contributed by atoms with Gasteiger partial charge in [0.05, 0.1) is 28.0 Å². The number of aromatic nitrogens is 4. The Bertz CT molecular complexity index is 1140. The van der Waals surface area contributed by atoms with Crippen LogP contribution in [-0.2, 0) is 11.2 Å². The molecule has 0 unspecified atom stereocenters. The van der Waals surface area contributed by atoms with Crippen molar-refractivity contribution in [3.8, 4) is 0 Å². The number of carbonyl (C=O) groups excluding carboxylic acids is 1. The molecule has 2 heterocycles. The van der Waals surface area contributed by atoms with Gasteiger partial charge in [-0.2, -0.15) is 0 Å². The Balaban J connectivity index is 1.41. The molecular weight excluding hydrogens is 342 g/mol. The number of amides is 1. The van der Waals surface area contributed by atoms with E-state index in [2.05, 4.69) is 25.3 Å². The third-order valence-electron chi connectivity index (χ3n) is 4.45. The number of para-hydroxylation sites is 3. The standard InChI is InChI=1S/C20H19N5O2/c1-12(19-23-15-8-4-5-9-16(15)24-19)21-18(26)11-10-17-22-14-7-3-2-6-13(14)20(27)25-17/h2-9,12H,10-11H2,1H3,(H,21,26)(H,23,24)(H,22,25,27)/t12-/m0/s1. The summed E-state index contributed by atoms with van der Waals surface area (Å²) < 4.78 is 0. The SMILES string of the molecule is C[C@H](NC(=O)CCc1nc2ccccc2c(=O)[nH]1)c1nc2ccccc2[nH]1. The van der Waals surface area contributed by atoms with Crippen LogP contribution in [0.1, 0.15) is 31.0 Å². The fourth-order valence-electron chi connectivity index (χ4n) is 3.04. The lowest BCUT2D eigenvalue weighted by Crippen LogP contribution is -2.28. The summed E-state index contributed by atoms with van der Waals surface area (Å²) >= 11 is 0. The molecule has 0 aliphatic rings. The molecule has 4 aromatic rings. The zero-order valence-corrected chi connectivity index (χ0v) is 14.8. The first-order valence-corrected chi connectivity index (χ1v) is 8.82. The van der Waals surface area contributed by atoms with Gasteiger partial charge in [0.1, 0.15) is 11.6 Å². The van der Waals surface area contributed by atoms with Crippen LogP contribution in [0.3, 0.4) is 0 Å². The van der Waals surface area contributed by atoms with E-state index in [4.69, 9.17) is 0 Å². The van der Waals surface area contributed by atoms with Crippen molar-refractivity contribution >= 4 is 27.8 Å². The topological polar surface area (TPSA) is 104 Å². The maximum atomic E-state index is 12.3. The van der Waals surface area contributed by atoms with Crippen LogP contribution in [0.15, 0.2) is 53.3 Å². The van der Waals surface area contributed by atoms with Crippen molar-refractivity contribution in [1.29, 1.82) is 0 Å². The van der Waals surface area contributed by atoms with E-state index >= 15 is 0 Å². The van der Waals surface area contributed by atoms with Gasteiger partial charge in [-0.3, -0.25) is 9.59 Å². The van der Waals surface area contributed by atoms with Gasteiger partial charge in [-0.05, 0) is 31.2 Å². The van der Waals surface area contributed by atoms with Crippen LogP contribution >= 0.6 is 0 Å². The first-order valence-electron chi connectivity index (χ1n) is 8.82. The first kappa shape index (κ1) is 17.0. The van der Waals surface area contributed by atoms with Crippen LogP contribution in [-0.4, -0.2) is 25.8 Å². The highest BCUT2D eigenvalue weighted by Gasteiger charge is 2.14. The Morgan fingerprint density at radius 3 is 2.59 bits per heavy atom. The molecule has 27 heavy (non-hydrogen) atoms. The molecule has 0 aliphatic carbocycles. The fourth-order valence-corrected chi connectivity index (χ4v) is 3.04. The Morgan fingerprint density at radius 2 is 1.78 bits per heavy atom. The van der Waals surface area contributed by atoms with E-state index in [1.165, 1.54) is 0 Å². The average Bonchev–Trinajstić information content (AvgIpc) is 3.11. The molecule has 7 heteroatoms. The number of nitrogens with zero attached hydrogens (tertiary/aromatic N) is 2. The largest absolute Gasteiger partial charge is 0.346 e. The summed E-state index contributed by atoms with van der Waals surface area (Å²) in [7, 11) is 0. The van der Waals surface area contributed by atoms with E-state index in [1.807, 2.05) is 37.3 Å². The van der Waals surface area contributed by atoms with Gasteiger partial charge in [0, 0.05) is 12.8 Å². The zero-order valence-electron chi connectivity index (χ0n) is 14.8. The van der Waals surface area contributed by atoms with Crippen molar-refractivity contribution in [1.82, 2.24) is 25.3 Å². The second-order valence-electron chi connectivity index (χ2n) is 6.46. The third-order valence-corrected chi connectivity index (χ3v) is 4.45. The Labute approximate surface area is 154 Å². The molecule has 0 saturated carbocycles. The minimum atomic E-state index is -0.242. The van der Waals surface area contributed by atoms with Crippen molar-refractivity contribution < 1.29 is 4.79 Å². The summed E-state index contributed by atoms with van der Waals surface area (Å²) in [5, 5.41) is 3.47. The van der Waals surface area contributed by atoms with Crippen molar-refractivity contribution in [3.05, 3.63) is 70.5 Å². The van der Waals surface area contributed by atoms with Crippen molar-refractivity contribution in [2.75, 3.05) is 0 Å². The van der Waals surface area contributed by atoms with Gasteiger partial charge in [0.15, 0.2) is 0 Å². The molecule has 0 fully saturated rings. The summed E-state index contributed by atoms with van der Waals surface area (Å²) in [5.41, 5.74) is 2.25. The zero-order chi connectivity index (χ0) is 18.8. The minimum absolute atomic E-state index is 0.126. The molecule has 2 aromatic heterocycles. The number of rotatable bonds is 5. The predicted molar refractivity (Wildman–Crippen MR) is 103 cm³/mol. The van der Waals surface area contributed by atoms with Crippen LogP contribution < -0.4 is 10.9 Å². The number of imidazole rings is 1. The number of benzene rings is 2. The number of aryl methyl sites for hydroxylation is 1. The minimum Gasteiger partial charge on any atom is -0.346 e. The quantitative estimate of drug-likeness (QED) is 0.508. The van der Waals surface area contributed by atoms with Gasteiger partial charge < -0.3 is 15.3 Å². The summed E-state index contributed by atoms with van der Waals surface area (Å²) in [4.78, 5) is 39.3. The monoisotopic (exact) mass is 361 g/mol. The summed E-state index contributed by atoms with van der Waals surface area (Å²) in [6.45, 7) is 1.88. The number of carbonyl (C=O) groups is 1. The van der Waals surface area contributed by atoms with E-state index < -0.39 is 0 Å². The van der Waals surface area contributed by atoms with Crippen LogP contribution in [0.5, 0.6) is 0 Å². The number of nitrogens with one attached hydrogen (secondary N) is 3. The normalized spacial score (nSPS) is 12.3. The number of H-pyrrole nitrogens is 2. The lowest BCUT2D eigenvalue weighted by atomic mass is 10.2. The molecule has 0 saturated heterocycles. The molecule has 0 radical (unpaired) electrons. The predicted octanol–water partition coefficient (Wildman–Crippen LogP) is 2.61. The molecule has 7 nitrogen and oxygen atoms in total. The van der Waals surface area contributed by atoms with Gasteiger partial charge in [-0.1, -0.05) is 24.3 Å². The van der Waals surface area contributed by atoms with Crippen molar-refractivity contribution in [2.24, 2.45) is 0 Å². The number of hydrogen-bond acceptors (Lipinski definition) is 4. The molecule has 3 N–H and O–H groups in total. The van der Waals surface area contributed by atoms with Gasteiger partial charge in [0.25, 0.3) is 5.56 Å². The summed E-state index contributed by atoms with van der Waals surface area (Å²) in [6.07, 6.45) is 0.588. The van der Waals surface area contributed by atoms with Crippen LogP contribution in [0.25, 0.3) is 21.9 Å². The number of fused-ring (bicyclic) bond motifs is 2. The Hall–Kier alpha value is -3.48. The lowest BCUT2D eigenvalue weighted by molar-refractivity contribution is -0.121. The van der Waals surface area contributed by atoms with Gasteiger partial charge in [-0.15, -0.1) is 0 Å². The van der Waals surface area contributed by atoms with Crippen LogP contribution in [0.4, 0.5) is 0 Å². The number of aromatic amines is 2.